The van der Waals surface area contributed by atoms with Gasteiger partial charge in [0.15, 0.2) is 0 Å². The smallest absolute Gasteiger partial charge is 0.203 e. The van der Waals surface area contributed by atoms with Crippen LogP contribution in [0.4, 0.5) is 0 Å². The third kappa shape index (κ3) is 2.29. The van der Waals surface area contributed by atoms with Gasteiger partial charge in [-0.3, -0.25) is 4.72 Å². The van der Waals surface area contributed by atoms with E-state index in [9.17, 15) is 0 Å². The average Bonchev–Trinajstić information content (AvgIpc) is 2.21. The van der Waals surface area contributed by atoms with Gasteiger partial charge in [0.25, 0.3) is 0 Å². The second-order valence-electron chi connectivity index (χ2n) is 2.49. The van der Waals surface area contributed by atoms with Gasteiger partial charge in [0.2, 0.25) is 5.88 Å². The summed E-state index contributed by atoms with van der Waals surface area (Å²) in [6, 6.07) is 9.70. The molecule has 13 heavy (non-hydrogen) atoms. The molecule has 2 rings (SSSR count). The predicted octanol–water partition coefficient (Wildman–Crippen LogP) is 2.67. The highest BCUT2D eigenvalue weighted by atomic mass is 32.2. The maximum Gasteiger partial charge on any atom is 0.203 e. The highest BCUT2D eigenvalue weighted by Gasteiger charge is 2.00. The summed E-state index contributed by atoms with van der Waals surface area (Å²) in [5.74, 6) is 1.61. The van der Waals surface area contributed by atoms with E-state index >= 15 is 0 Å². The summed E-state index contributed by atoms with van der Waals surface area (Å²) in [6.45, 7) is 0. The van der Waals surface area contributed by atoms with E-state index < -0.39 is 0 Å². The molecule has 0 spiro atoms. The van der Waals surface area contributed by atoms with Gasteiger partial charge < -0.3 is 4.74 Å². The zero-order valence-electron chi connectivity index (χ0n) is 6.94. The lowest BCUT2D eigenvalue weighted by atomic mass is 10.3. The molecule has 0 radical (unpaired) electrons. The fourth-order valence-electron chi connectivity index (χ4n) is 0.962. The van der Waals surface area contributed by atoms with Crippen LogP contribution in [-0.2, 0) is 0 Å². The highest BCUT2D eigenvalue weighted by Crippen LogP contribution is 2.15. The third-order valence-electron chi connectivity index (χ3n) is 1.52. The fraction of sp³-hybridized carbons (Fsp3) is 0. The lowest BCUT2D eigenvalue weighted by Crippen LogP contribution is -2.10. The number of ether oxygens (including phenoxy) is 1. The molecule has 1 heterocycles. The quantitative estimate of drug-likeness (QED) is 0.726. The Labute approximate surface area is 81.4 Å². The molecule has 0 aromatic heterocycles. The van der Waals surface area contributed by atoms with Gasteiger partial charge in [-0.25, -0.2) is 0 Å². The minimum atomic E-state index is 0.763. The minimum Gasteiger partial charge on any atom is -0.441 e. The molecule has 66 valence electrons. The first-order valence-corrected chi connectivity index (χ1v) is 4.84. The van der Waals surface area contributed by atoms with E-state index in [1.54, 1.807) is 0 Å². The Balaban J connectivity index is 2.06. The Morgan fingerprint density at radius 2 is 2.00 bits per heavy atom. The van der Waals surface area contributed by atoms with Crippen LogP contribution in [0.1, 0.15) is 0 Å². The van der Waals surface area contributed by atoms with E-state index in [4.69, 9.17) is 4.74 Å². The van der Waals surface area contributed by atoms with Crippen LogP contribution in [0, 0.1) is 0 Å². The first-order chi connectivity index (χ1) is 6.45. The molecule has 0 aliphatic carbocycles. The van der Waals surface area contributed by atoms with Crippen molar-refractivity contribution in [2.24, 2.45) is 0 Å². The standard InChI is InChI=1S/C10H9NOS/c1-2-5-9(6-3-1)12-10-7-4-8-13-11-10/h1-8,11H. The topological polar surface area (TPSA) is 21.3 Å². The van der Waals surface area contributed by atoms with Crippen molar-refractivity contribution in [3.63, 3.8) is 0 Å². The molecule has 0 saturated carbocycles. The van der Waals surface area contributed by atoms with E-state index in [1.165, 1.54) is 11.9 Å². The summed E-state index contributed by atoms with van der Waals surface area (Å²) in [5, 5.41) is 1.96. The van der Waals surface area contributed by atoms with Crippen molar-refractivity contribution in [2.75, 3.05) is 0 Å². The van der Waals surface area contributed by atoms with Gasteiger partial charge in [-0.2, -0.15) is 0 Å². The van der Waals surface area contributed by atoms with Crippen molar-refractivity contribution in [2.45, 2.75) is 0 Å². The van der Waals surface area contributed by atoms with Crippen molar-refractivity contribution in [3.05, 3.63) is 53.8 Å². The van der Waals surface area contributed by atoms with E-state index in [0.717, 1.165) is 11.6 Å². The third-order valence-corrected chi connectivity index (χ3v) is 2.14. The number of benzene rings is 1. The van der Waals surface area contributed by atoms with Gasteiger partial charge in [-0.15, -0.1) is 0 Å². The summed E-state index contributed by atoms with van der Waals surface area (Å²) < 4.78 is 8.57. The SMILES string of the molecule is C1=CSNC(Oc2ccccc2)=C1. The van der Waals surface area contributed by atoms with Crippen LogP contribution in [0.25, 0.3) is 0 Å². The summed E-state index contributed by atoms with van der Waals surface area (Å²) >= 11 is 1.50. The molecule has 0 bridgehead atoms. The second-order valence-corrected chi connectivity index (χ2v) is 3.21. The monoisotopic (exact) mass is 191 g/mol. The number of hydrogen-bond acceptors (Lipinski definition) is 3. The van der Waals surface area contributed by atoms with Crippen LogP contribution < -0.4 is 9.46 Å². The zero-order chi connectivity index (χ0) is 8.93. The van der Waals surface area contributed by atoms with Gasteiger partial charge >= 0.3 is 0 Å². The van der Waals surface area contributed by atoms with Crippen LogP contribution in [0.5, 0.6) is 5.75 Å². The number of para-hydroxylation sites is 1. The number of nitrogens with one attached hydrogen (secondary N) is 1. The van der Waals surface area contributed by atoms with Gasteiger partial charge in [0.1, 0.15) is 5.75 Å². The largest absolute Gasteiger partial charge is 0.441 e. The Morgan fingerprint density at radius 3 is 2.69 bits per heavy atom. The molecule has 1 aromatic carbocycles. The van der Waals surface area contributed by atoms with Crippen molar-refractivity contribution in [3.8, 4) is 5.75 Å². The van der Waals surface area contributed by atoms with Gasteiger partial charge in [-0.05, 0) is 41.6 Å². The molecule has 3 heteroatoms. The van der Waals surface area contributed by atoms with Crippen LogP contribution >= 0.6 is 11.9 Å². The molecule has 1 aliphatic heterocycles. The molecule has 1 aliphatic rings. The number of hydrogen-bond donors (Lipinski definition) is 1. The Kier molecular flexibility index (Phi) is 2.57. The first kappa shape index (κ1) is 8.26. The Morgan fingerprint density at radius 1 is 1.15 bits per heavy atom. The molecule has 0 amide bonds. The minimum absolute atomic E-state index is 0.763. The molecular weight excluding hydrogens is 182 g/mol. The lowest BCUT2D eigenvalue weighted by Gasteiger charge is -2.11. The maximum atomic E-state index is 5.53. The van der Waals surface area contributed by atoms with E-state index in [-0.39, 0.29) is 0 Å². The van der Waals surface area contributed by atoms with Crippen molar-refractivity contribution >= 4 is 11.9 Å². The summed E-state index contributed by atoms with van der Waals surface area (Å²) in [4.78, 5) is 0. The Bertz CT molecular complexity index is 332. The van der Waals surface area contributed by atoms with Crippen LogP contribution in [-0.4, -0.2) is 0 Å². The number of rotatable bonds is 2. The molecule has 0 atom stereocenters. The number of allylic oxidation sites excluding steroid dienone is 2. The van der Waals surface area contributed by atoms with Crippen LogP contribution in [0.3, 0.4) is 0 Å². The predicted molar refractivity (Wildman–Crippen MR) is 55.0 cm³/mol. The summed E-state index contributed by atoms with van der Waals surface area (Å²) in [6.07, 6.45) is 3.84. The highest BCUT2D eigenvalue weighted by molar-refractivity contribution is 8.00. The van der Waals surface area contributed by atoms with Gasteiger partial charge in [-0.1, -0.05) is 18.2 Å². The first-order valence-electron chi connectivity index (χ1n) is 3.96. The Hall–Kier alpha value is -1.35. The van der Waals surface area contributed by atoms with Crippen molar-refractivity contribution in [1.29, 1.82) is 0 Å². The maximum absolute atomic E-state index is 5.53. The summed E-state index contributed by atoms with van der Waals surface area (Å²) in [5.41, 5.74) is 0. The molecule has 1 N–H and O–H groups in total. The second kappa shape index (κ2) is 4.05. The van der Waals surface area contributed by atoms with Crippen molar-refractivity contribution < 1.29 is 4.74 Å². The molecular formula is C10H9NOS. The molecule has 2 nitrogen and oxygen atoms in total. The van der Waals surface area contributed by atoms with E-state index in [0.29, 0.717) is 0 Å². The van der Waals surface area contributed by atoms with Crippen molar-refractivity contribution in [1.82, 2.24) is 4.72 Å². The van der Waals surface area contributed by atoms with E-state index in [1.807, 2.05) is 47.9 Å². The molecule has 1 aromatic rings. The van der Waals surface area contributed by atoms with Gasteiger partial charge in [0.05, 0.1) is 0 Å². The molecule has 0 fully saturated rings. The van der Waals surface area contributed by atoms with E-state index in [2.05, 4.69) is 4.72 Å². The normalized spacial score (nSPS) is 14.6. The fourth-order valence-corrected chi connectivity index (χ4v) is 1.41. The van der Waals surface area contributed by atoms with Crippen LogP contribution in [0.15, 0.2) is 53.8 Å². The van der Waals surface area contributed by atoms with Gasteiger partial charge in [0, 0.05) is 0 Å². The zero-order valence-corrected chi connectivity index (χ0v) is 7.75. The summed E-state index contributed by atoms with van der Waals surface area (Å²) in [7, 11) is 0. The average molecular weight is 191 g/mol. The lowest BCUT2D eigenvalue weighted by molar-refractivity contribution is 0.409. The van der Waals surface area contributed by atoms with Crippen LogP contribution in [0.2, 0.25) is 0 Å². The molecule has 0 unspecified atom stereocenters. The molecule has 0 saturated heterocycles.